The maximum atomic E-state index is 13.3. The largest absolute Gasteiger partial charge is 0.495 e. The molecule has 0 radical (unpaired) electrons. The Bertz CT molecular complexity index is 979. The molecule has 4 nitrogen and oxygen atoms in total. The zero-order chi connectivity index (χ0) is 18.8. The summed E-state index contributed by atoms with van der Waals surface area (Å²) in [5, 5.41) is 1.44. The molecule has 0 aliphatic heterocycles. The summed E-state index contributed by atoms with van der Waals surface area (Å²) < 4.78 is 12.8. The molecule has 0 saturated heterocycles. The first kappa shape index (κ1) is 18.8. The molecule has 0 spiro atoms. The standard InChI is InChI=1S/C20H19Cl2NO3/c1-12-17(20(24)14-7-4-8-15(21)18(14)22)13-6-5-9-16(26-3)19(13)23(12)10-11-25-2/h4-9H,10-11H2,1-3H3. The first-order chi connectivity index (χ1) is 12.5. The lowest BCUT2D eigenvalue weighted by molar-refractivity contribution is 0.103. The molecule has 0 atom stereocenters. The summed E-state index contributed by atoms with van der Waals surface area (Å²) >= 11 is 12.4. The van der Waals surface area contributed by atoms with Crippen LogP contribution in [0.4, 0.5) is 0 Å². The van der Waals surface area contributed by atoms with Crippen LogP contribution in [0.5, 0.6) is 5.75 Å². The number of nitrogens with zero attached hydrogens (tertiary/aromatic N) is 1. The lowest BCUT2D eigenvalue weighted by Gasteiger charge is -2.10. The number of fused-ring (bicyclic) bond motifs is 1. The third-order valence-corrected chi connectivity index (χ3v) is 5.29. The van der Waals surface area contributed by atoms with E-state index in [2.05, 4.69) is 0 Å². The molecular weight excluding hydrogens is 373 g/mol. The van der Waals surface area contributed by atoms with E-state index >= 15 is 0 Å². The second-order valence-electron chi connectivity index (χ2n) is 5.89. The van der Waals surface area contributed by atoms with Crippen molar-refractivity contribution in [2.75, 3.05) is 20.8 Å². The molecule has 0 saturated carbocycles. The smallest absolute Gasteiger partial charge is 0.197 e. The number of hydrogen-bond acceptors (Lipinski definition) is 3. The Kier molecular flexibility index (Phi) is 5.56. The molecule has 1 heterocycles. The van der Waals surface area contributed by atoms with Gasteiger partial charge in [0.2, 0.25) is 0 Å². The number of aromatic nitrogens is 1. The van der Waals surface area contributed by atoms with Gasteiger partial charge in [0.15, 0.2) is 5.78 Å². The fourth-order valence-corrected chi connectivity index (χ4v) is 3.61. The van der Waals surface area contributed by atoms with Gasteiger partial charge in [0.25, 0.3) is 0 Å². The topological polar surface area (TPSA) is 40.5 Å². The summed E-state index contributed by atoms with van der Waals surface area (Å²) in [4.78, 5) is 13.3. The van der Waals surface area contributed by atoms with Gasteiger partial charge in [-0.05, 0) is 25.1 Å². The van der Waals surface area contributed by atoms with Crippen LogP contribution < -0.4 is 4.74 Å². The molecule has 0 N–H and O–H groups in total. The van der Waals surface area contributed by atoms with Crippen LogP contribution in [0.1, 0.15) is 21.6 Å². The number of ether oxygens (including phenoxy) is 2. The molecule has 1 aromatic heterocycles. The van der Waals surface area contributed by atoms with Gasteiger partial charge in [-0.2, -0.15) is 0 Å². The highest BCUT2D eigenvalue weighted by atomic mass is 35.5. The molecule has 0 fully saturated rings. The third kappa shape index (κ3) is 3.09. The van der Waals surface area contributed by atoms with Gasteiger partial charge in [0.1, 0.15) is 5.75 Å². The summed E-state index contributed by atoms with van der Waals surface area (Å²) in [7, 11) is 3.27. The first-order valence-corrected chi connectivity index (χ1v) is 8.90. The molecule has 0 aliphatic rings. The van der Waals surface area contributed by atoms with Crippen molar-refractivity contribution in [1.29, 1.82) is 0 Å². The Hall–Kier alpha value is -2.01. The van der Waals surface area contributed by atoms with Crippen molar-refractivity contribution in [3.63, 3.8) is 0 Å². The van der Waals surface area contributed by atoms with Gasteiger partial charge in [0, 0.05) is 30.3 Å². The van der Waals surface area contributed by atoms with Crippen molar-refractivity contribution in [1.82, 2.24) is 4.57 Å². The highest BCUT2D eigenvalue weighted by Crippen LogP contribution is 2.36. The van der Waals surface area contributed by atoms with E-state index in [4.69, 9.17) is 32.7 Å². The van der Waals surface area contributed by atoms with E-state index in [0.29, 0.717) is 35.1 Å². The number of para-hydroxylation sites is 1. The maximum absolute atomic E-state index is 13.3. The van der Waals surface area contributed by atoms with Crippen LogP contribution in [-0.4, -0.2) is 31.2 Å². The third-order valence-electron chi connectivity index (χ3n) is 4.47. The molecule has 0 bridgehead atoms. The summed E-state index contributed by atoms with van der Waals surface area (Å²) in [6.45, 7) is 3.05. The number of methoxy groups -OCH3 is 2. The normalized spacial score (nSPS) is 11.1. The van der Waals surface area contributed by atoms with Crippen molar-refractivity contribution < 1.29 is 14.3 Å². The molecule has 0 amide bonds. The summed E-state index contributed by atoms with van der Waals surface area (Å²) in [5.41, 5.74) is 2.68. The van der Waals surface area contributed by atoms with E-state index in [-0.39, 0.29) is 10.8 Å². The van der Waals surface area contributed by atoms with Gasteiger partial charge in [-0.25, -0.2) is 0 Å². The summed E-state index contributed by atoms with van der Waals surface area (Å²) in [6, 6.07) is 10.7. The first-order valence-electron chi connectivity index (χ1n) is 8.14. The highest BCUT2D eigenvalue weighted by molar-refractivity contribution is 6.44. The lowest BCUT2D eigenvalue weighted by Crippen LogP contribution is -2.09. The van der Waals surface area contributed by atoms with Gasteiger partial charge in [-0.3, -0.25) is 4.79 Å². The van der Waals surface area contributed by atoms with Crippen LogP contribution in [0.3, 0.4) is 0 Å². The number of ketones is 1. The van der Waals surface area contributed by atoms with Crippen LogP contribution in [-0.2, 0) is 11.3 Å². The number of halogens is 2. The minimum absolute atomic E-state index is 0.163. The van der Waals surface area contributed by atoms with E-state index in [1.54, 1.807) is 32.4 Å². The van der Waals surface area contributed by atoms with Crippen molar-refractivity contribution in [3.05, 3.63) is 63.3 Å². The summed E-state index contributed by atoms with van der Waals surface area (Å²) in [5.74, 6) is 0.544. The molecule has 3 aromatic rings. The predicted octanol–water partition coefficient (Wildman–Crippen LogP) is 5.14. The van der Waals surface area contributed by atoms with Gasteiger partial charge < -0.3 is 14.0 Å². The Morgan fingerprint density at radius 1 is 1.12 bits per heavy atom. The van der Waals surface area contributed by atoms with Gasteiger partial charge >= 0.3 is 0 Å². The molecule has 136 valence electrons. The second kappa shape index (κ2) is 7.70. The molecule has 0 unspecified atom stereocenters. The van der Waals surface area contributed by atoms with Gasteiger partial charge in [0.05, 0.1) is 34.8 Å². The average Bonchev–Trinajstić information content (AvgIpc) is 2.93. The molecule has 3 rings (SSSR count). The van der Waals surface area contributed by atoms with E-state index < -0.39 is 0 Å². The highest BCUT2D eigenvalue weighted by Gasteiger charge is 2.24. The molecule has 0 aliphatic carbocycles. The van der Waals surface area contributed by atoms with Gasteiger partial charge in [-0.1, -0.05) is 41.4 Å². The number of carbonyl (C=O) groups is 1. The minimum Gasteiger partial charge on any atom is -0.495 e. The number of rotatable bonds is 6. The zero-order valence-electron chi connectivity index (χ0n) is 14.8. The van der Waals surface area contributed by atoms with Crippen LogP contribution in [0, 0.1) is 6.92 Å². The monoisotopic (exact) mass is 391 g/mol. The number of carbonyl (C=O) groups excluding carboxylic acids is 1. The van der Waals surface area contributed by atoms with E-state index in [1.165, 1.54) is 0 Å². The van der Waals surface area contributed by atoms with E-state index in [1.807, 2.05) is 29.7 Å². The zero-order valence-corrected chi connectivity index (χ0v) is 16.3. The molecule has 6 heteroatoms. The van der Waals surface area contributed by atoms with E-state index in [0.717, 1.165) is 16.6 Å². The van der Waals surface area contributed by atoms with Gasteiger partial charge in [-0.15, -0.1) is 0 Å². The van der Waals surface area contributed by atoms with Crippen molar-refractivity contribution in [2.45, 2.75) is 13.5 Å². The Morgan fingerprint density at radius 2 is 1.85 bits per heavy atom. The van der Waals surface area contributed by atoms with E-state index in [9.17, 15) is 4.79 Å². The van der Waals surface area contributed by atoms with Crippen LogP contribution in [0.25, 0.3) is 10.9 Å². The lowest BCUT2D eigenvalue weighted by atomic mass is 10.0. The Labute approximate surface area is 162 Å². The average molecular weight is 392 g/mol. The van der Waals surface area contributed by atoms with Crippen LogP contribution >= 0.6 is 23.2 Å². The maximum Gasteiger partial charge on any atom is 0.197 e. The molecule has 2 aromatic carbocycles. The summed E-state index contributed by atoms with van der Waals surface area (Å²) in [6.07, 6.45) is 0. The fraction of sp³-hybridized carbons (Fsp3) is 0.250. The predicted molar refractivity (Wildman–Crippen MR) is 105 cm³/mol. The second-order valence-corrected chi connectivity index (χ2v) is 6.68. The quantitative estimate of drug-likeness (QED) is 0.546. The molecule has 26 heavy (non-hydrogen) atoms. The Morgan fingerprint density at radius 3 is 2.54 bits per heavy atom. The van der Waals surface area contributed by atoms with Crippen molar-refractivity contribution in [2.24, 2.45) is 0 Å². The van der Waals surface area contributed by atoms with Crippen molar-refractivity contribution >= 4 is 39.9 Å². The minimum atomic E-state index is -0.163. The SMILES string of the molecule is COCCn1c(C)c(C(=O)c2cccc(Cl)c2Cl)c2cccc(OC)c21. The number of benzene rings is 2. The molecular formula is C20H19Cl2NO3. The van der Waals surface area contributed by atoms with Crippen LogP contribution in [0.2, 0.25) is 10.0 Å². The Balaban J connectivity index is 2.27. The van der Waals surface area contributed by atoms with Crippen LogP contribution in [0.15, 0.2) is 36.4 Å². The number of hydrogen-bond donors (Lipinski definition) is 0. The fourth-order valence-electron chi connectivity index (χ4n) is 3.23. The van der Waals surface area contributed by atoms with Crippen molar-refractivity contribution in [3.8, 4) is 5.75 Å².